The lowest BCUT2D eigenvalue weighted by molar-refractivity contribution is 0.971. The number of hydrogen-bond acceptors (Lipinski definition) is 1. The molecule has 0 radical (unpaired) electrons. The molecule has 80 valence electrons. The molecule has 3 heteroatoms. The number of benzene rings is 1. The molecular weight excluding hydrogens is 208 g/mol. The van der Waals surface area contributed by atoms with E-state index < -0.39 is 0 Å². The zero-order valence-corrected chi connectivity index (χ0v) is 9.56. The molecule has 0 spiro atoms. The summed E-state index contributed by atoms with van der Waals surface area (Å²) in [6, 6.07) is 6.30. The quantitative estimate of drug-likeness (QED) is 0.824. The van der Waals surface area contributed by atoms with Crippen molar-refractivity contribution in [3.8, 4) is 0 Å². The van der Waals surface area contributed by atoms with E-state index in [2.05, 4.69) is 30.1 Å². The summed E-state index contributed by atoms with van der Waals surface area (Å²) in [5, 5.41) is 1.96. The first-order valence-corrected chi connectivity index (χ1v) is 5.63. The van der Waals surface area contributed by atoms with Crippen LogP contribution in [-0.4, -0.2) is 11.5 Å². The highest BCUT2D eigenvalue weighted by Gasteiger charge is 2.07. The van der Waals surface area contributed by atoms with Gasteiger partial charge in [-0.3, -0.25) is 0 Å². The monoisotopic (exact) mass is 222 g/mol. The normalized spacial score (nSPS) is 11.1. The number of halogens is 1. The van der Waals surface area contributed by atoms with Gasteiger partial charge in [-0.15, -0.1) is 0 Å². The first-order valence-electron chi connectivity index (χ1n) is 5.25. The van der Waals surface area contributed by atoms with Crippen LogP contribution in [0.4, 0.5) is 0 Å². The molecule has 0 bridgehead atoms. The third kappa shape index (κ3) is 1.87. The molecule has 15 heavy (non-hydrogen) atoms. The number of nitrogens with two attached hydrogens (primary N) is 1. The van der Waals surface area contributed by atoms with Crippen LogP contribution in [0.2, 0.25) is 5.02 Å². The van der Waals surface area contributed by atoms with Crippen molar-refractivity contribution in [3.63, 3.8) is 0 Å². The van der Waals surface area contributed by atoms with Crippen molar-refractivity contribution in [3.05, 3.63) is 34.5 Å². The minimum absolute atomic E-state index is 0.675. The van der Waals surface area contributed by atoms with Gasteiger partial charge >= 0.3 is 0 Å². The van der Waals surface area contributed by atoms with Crippen molar-refractivity contribution in [2.45, 2.75) is 19.8 Å². The SMILES string of the molecule is CCc1[nH]c2ccc(CCN)cc2c1Cl. The Labute approximate surface area is 94.4 Å². The third-order valence-corrected chi connectivity index (χ3v) is 3.09. The maximum Gasteiger partial charge on any atom is 0.0691 e. The van der Waals surface area contributed by atoms with Crippen LogP contribution in [0.5, 0.6) is 0 Å². The number of fused-ring (bicyclic) bond motifs is 1. The van der Waals surface area contributed by atoms with E-state index in [1.54, 1.807) is 0 Å². The fourth-order valence-corrected chi connectivity index (χ4v) is 2.16. The van der Waals surface area contributed by atoms with Gasteiger partial charge in [0.15, 0.2) is 0 Å². The van der Waals surface area contributed by atoms with Crippen LogP contribution in [0.15, 0.2) is 18.2 Å². The van der Waals surface area contributed by atoms with Gasteiger partial charge in [-0.1, -0.05) is 24.6 Å². The standard InChI is InChI=1S/C12H15ClN2/c1-2-10-12(13)9-7-8(5-6-14)3-4-11(9)15-10/h3-4,7,15H,2,5-6,14H2,1H3. The second-order valence-electron chi connectivity index (χ2n) is 3.69. The van der Waals surface area contributed by atoms with Crippen LogP contribution in [0.3, 0.4) is 0 Å². The molecule has 0 atom stereocenters. The van der Waals surface area contributed by atoms with Crippen LogP contribution in [0.1, 0.15) is 18.2 Å². The van der Waals surface area contributed by atoms with Gasteiger partial charge in [-0.25, -0.2) is 0 Å². The summed E-state index contributed by atoms with van der Waals surface area (Å²) in [4.78, 5) is 3.32. The molecule has 0 saturated carbocycles. The molecule has 1 aromatic carbocycles. The summed E-state index contributed by atoms with van der Waals surface area (Å²) in [6.07, 6.45) is 1.83. The van der Waals surface area contributed by atoms with Gasteiger partial charge in [0.1, 0.15) is 0 Å². The van der Waals surface area contributed by atoms with Gasteiger partial charge < -0.3 is 10.7 Å². The molecule has 3 N–H and O–H groups in total. The molecule has 2 nitrogen and oxygen atoms in total. The Morgan fingerprint density at radius 3 is 2.87 bits per heavy atom. The molecular formula is C12H15ClN2. The molecule has 0 amide bonds. The molecule has 2 rings (SSSR count). The largest absolute Gasteiger partial charge is 0.357 e. The number of H-pyrrole nitrogens is 1. The topological polar surface area (TPSA) is 41.8 Å². The number of aromatic amines is 1. The Morgan fingerprint density at radius 1 is 1.40 bits per heavy atom. The van der Waals surface area contributed by atoms with Gasteiger partial charge in [0.05, 0.1) is 5.02 Å². The molecule has 0 aliphatic heterocycles. The third-order valence-electron chi connectivity index (χ3n) is 2.66. The first kappa shape index (κ1) is 10.5. The Bertz CT molecular complexity index is 474. The molecule has 0 aliphatic rings. The van der Waals surface area contributed by atoms with Gasteiger partial charge in [0.2, 0.25) is 0 Å². The Hall–Kier alpha value is -0.990. The Morgan fingerprint density at radius 2 is 2.20 bits per heavy atom. The van der Waals surface area contributed by atoms with E-state index in [-0.39, 0.29) is 0 Å². The van der Waals surface area contributed by atoms with Gasteiger partial charge in [-0.05, 0) is 37.1 Å². The Kier molecular flexibility index (Phi) is 2.98. The van der Waals surface area contributed by atoms with E-state index in [0.29, 0.717) is 6.54 Å². The lowest BCUT2D eigenvalue weighted by Gasteiger charge is -1.98. The van der Waals surface area contributed by atoms with Crippen molar-refractivity contribution < 1.29 is 0 Å². The average Bonchev–Trinajstić information content (AvgIpc) is 2.56. The first-order chi connectivity index (χ1) is 7.26. The van der Waals surface area contributed by atoms with Crippen LogP contribution < -0.4 is 5.73 Å². The van der Waals surface area contributed by atoms with E-state index in [1.165, 1.54) is 5.56 Å². The van der Waals surface area contributed by atoms with E-state index in [0.717, 1.165) is 34.5 Å². The number of hydrogen-bond donors (Lipinski definition) is 2. The second-order valence-corrected chi connectivity index (χ2v) is 4.07. The maximum absolute atomic E-state index is 6.27. The highest BCUT2D eigenvalue weighted by atomic mass is 35.5. The summed E-state index contributed by atoms with van der Waals surface area (Å²) in [5.74, 6) is 0. The number of aryl methyl sites for hydroxylation is 1. The van der Waals surface area contributed by atoms with Gasteiger partial charge in [-0.2, -0.15) is 0 Å². The van der Waals surface area contributed by atoms with Crippen LogP contribution >= 0.6 is 11.6 Å². The molecule has 0 aliphatic carbocycles. The van der Waals surface area contributed by atoms with Crippen molar-refractivity contribution in [1.82, 2.24) is 4.98 Å². The molecule has 1 heterocycles. The van der Waals surface area contributed by atoms with Gasteiger partial charge in [0.25, 0.3) is 0 Å². The summed E-state index contributed by atoms with van der Waals surface area (Å²) >= 11 is 6.27. The van der Waals surface area contributed by atoms with E-state index >= 15 is 0 Å². The Balaban J connectivity index is 2.54. The summed E-state index contributed by atoms with van der Waals surface area (Å²) in [6.45, 7) is 2.77. The molecule has 2 aromatic rings. The highest BCUT2D eigenvalue weighted by Crippen LogP contribution is 2.28. The minimum atomic E-state index is 0.675. The summed E-state index contributed by atoms with van der Waals surface area (Å²) in [7, 11) is 0. The fraction of sp³-hybridized carbons (Fsp3) is 0.333. The number of nitrogens with one attached hydrogen (secondary N) is 1. The minimum Gasteiger partial charge on any atom is -0.357 e. The number of aromatic nitrogens is 1. The van der Waals surface area contributed by atoms with Crippen LogP contribution in [0, 0.1) is 0 Å². The molecule has 0 unspecified atom stereocenters. The van der Waals surface area contributed by atoms with E-state index in [9.17, 15) is 0 Å². The maximum atomic E-state index is 6.27. The highest BCUT2D eigenvalue weighted by molar-refractivity contribution is 6.36. The summed E-state index contributed by atoms with van der Waals surface area (Å²) < 4.78 is 0. The zero-order chi connectivity index (χ0) is 10.8. The lowest BCUT2D eigenvalue weighted by atomic mass is 10.1. The van der Waals surface area contributed by atoms with Crippen LogP contribution in [0.25, 0.3) is 10.9 Å². The van der Waals surface area contributed by atoms with E-state index in [4.69, 9.17) is 17.3 Å². The molecule has 0 saturated heterocycles. The van der Waals surface area contributed by atoms with Gasteiger partial charge in [0, 0.05) is 16.6 Å². The van der Waals surface area contributed by atoms with Crippen molar-refractivity contribution in [2.24, 2.45) is 5.73 Å². The van der Waals surface area contributed by atoms with E-state index in [1.807, 2.05) is 0 Å². The smallest absolute Gasteiger partial charge is 0.0691 e. The summed E-state index contributed by atoms with van der Waals surface area (Å²) in [5.41, 5.74) is 8.99. The van der Waals surface area contributed by atoms with Crippen molar-refractivity contribution in [2.75, 3.05) is 6.54 Å². The van der Waals surface area contributed by atoms with Crippen LogP contribution in [-0.2, 0) is 12.8 Å². The fourth-order valence-electron chi connectivity index (χ4n) is 1.83. The second kappa shape index (κ2) is 4.25. The lowest BCUT2D eigenvalue weighted by Crippen LogP contribution is -2.02. The van der Waals surface area contributed by atoms with Crippen molar-refractivity contribution in [1.29, 1.82) is 0 Å². The molecule has 0 fully saturated rings. The zero-order valence-electron chi connectivity index (χ0n) is 8.81. The average molecular weight is 223 g/mol. The number of rotatable bonds is 3. The predicted octanol–water partition coefficient (Wildman–Crippen LogP) is 2.88. The van der Waals surface area contributed by atoms with Crippen molar-refractivity contribution >= 4 is 22.5 Å². The molecule has 1 aromatic heterocycles. The predicted molar refractivity (Wildman–Crippen MR) is 65.4 cm³/mol.